The Morgan fingerprint density at radius 3 is 2.75 bits per heavy atom. The molecule has 20 heavy (non-hydrogen) atoms. The smallest absolute Gasteiger partial charge is 0.263 e. The summed E-state index contributed by atoms with van der Waals surface area (Å²) in [5.41, 5.74) is -3.21. The SMILES string of the molecule is O=c1ccn([C@@H]2O[C@](F)(CO)C(O)[C@]2(O)CF)c(=S)[nH]1. The summed E-state index contributed by atoms with van der Waals surface area (Å²) >= 11 is 4.80. The number of aromatic nitrogens is 2. The van der Waals surface area contributed by atoms with Gasteiger partial charge in [-0.2, -0.15) is 0 Å². The van der Waals surface area contributed by atoms with Crippen molar-refractivity contribution in [2.45, 2.75) is 23.8 Å². The third-order valence-electron chi connectivity index (χ3n) is 3.15. The van der Waals surface area contributed by atoms with Crippen LogP contribution in [0.3, 0.4) is 0 Å². The molecule has 0 bridgehead atoms. The van der Waals surface area contributed by atoms with E-state index in [2.05, 4.69) is 4.98 Å². The number of halogens is 2. The summed E-state index contributed by atoms with van der Waals surface area (Å²) < 4.78 is 32.6. The van der Waals surface area contributed by atoms with Crippen molar-refractivity contribution in [3.63, 3.8) is 0 Å². The van der Waals surface area contributed by atoms with Crippen molar-refractivity contribution in [3.8, 4) is 0 Å². The standard InChI is InChI=1S/C10H12F2N2O5S/c11-3-9(18)6(17)10(12,4-15)19-7(9)14-2-1-5(16)13-8(14)20/h1-2,6-7,15,17-18H,3-4H2,(H,13,16,20)/t6?,7-,9-,10-/m1/s1. The molecule has 0 amide bonds. The highest BCUT2D eigenvalue weighted by Crippen LogP contribution is 2.45. The fourth-order valence-electron chi connectivity index (χ4n) is 2.03. The van der Waals surface area contributed by atoms with E-state index in [0.29, 0.717) is 0 Å². The molecule has 1 aromatic rings. The topological polar surface area (TPSA) is 108 Å². The van der Waals surface area contributed by atoms with Gasteiger partial charge in [0.1, 0.15) is 13.3 Å². The summed E-state index contributed by atoms with van der Waals surface area (Å²) in [6, 6.07) is 1.00. The normalized spacial score (nSPS) is 37.2. The van der Waals surface area contributed by atoms with E-state index in [1.54, 1.807) is 0 Å². The summed E-state index contributed by atoms with van der Waals surface area (Å²) in [5.74, 6) is -3.05. The summed E-state index contributed by atoms with van der Waals surface area (Å²) in [7, 11) is 0. The molecule has 0 aliphatic carbocycles. The number of aliphatic hydroxyl groups excluding tert-OH is 2. The molecule has 112 valence electrons. The first-order chi connectivity index (χ1) is 9.28. The lowest BCUT2D eigenvalue weighted by atomic mass is 9.94. The summed E-state index contributed by atoms with van der Waals surface area (Å²) in [4.78, 5) is 13.2. The van der Waals surface area contributed by atoms with Crippen molar-refractivity contribution >= 4 is 12.2 Å². The van der Waals surface area contributed by atoms with E-state index in [1.807, 2.05) is 0 Å². The molecule has 7 nitrogen and oxygen atoms in total. The average Bonchev–Trinajstić information content (AvgIpc) is 2.62. The van der Waals surface area contributed by atoms with Gasteiger partial charge in [0, 0.05) is 12.3 Å². The van der Waals surface area contributed by atoms with Gasteiger partial charge in [0.05, 0.1) is 0 Å². The van der Waals surface area contributed by atoms with Crippen LogP contribution in [0.15, 0.2) is 17.1 Å². The molecule has 1 aliphatic heterocycles. The van der Waals surface area contributed by atoms with E-state index in [9.17, 15) is 23.8 Å². The molecule has 0 radical (unpaired) electrons. The van der Waals surface area contributed by atoms with E-state index in [4.69, 9.17) is 22.1 Å². The lowest BCUT2D eigenvalue weighted by Crippen LogP contribution is -2.52. The number of ether oxygens (including phenoxy) is 1. The van der Waals surface area contributed by atoms with Crippen LogP contribution in [-0.2, 0) is 4.74 Å². The Hall–Kier alpha value is -1.20. The van der Waals surface area contributed by atoms with Crippen LogP contribution < -0.4 is 5.56 Å². The van der Waals surface area contributed by atoms with Crippen LogP contribution in [0.2, 0.25) is 0 Å². The van der Waals surface area contributed by atoms with Gasteiger partial charge in [0.15, 0.2) is 22.7 Å². The third-order valence-corrected chi connectivity index (χ3v) is 3.46. The Morgan fingerprint density at radius 2 is 2.25 bits per heavy atom. The fourth-order valence-corrected chi connectivity index (χ4v) is 2.29. The number of alkyl halides is 2. The van der Waals surface area contributed by atoms with Crippen LogP contribution in [0.5, 0.6) is 0 Å². The van der Waals surface area contributed by atoms with Gasteiger partial charge >= 0.3 is 0 Å². The molecule has 1 aliphatic rings. The minimum Gasteiger partial charge on any atom is -0.390 e. The van der Waals surface area contributed by atoms with Gasteiger partial charge in [-0.3, -0.25) is 14.3 Å². The van der Waals surface area contributed by atoms with Gasteiger partial charge in [0.2, 0.25) is 0 Å². The second-order valence-electron chi connectivity index (χ2n) is 4.46. The molecule has 0 aromatic carbocycles. The zero-order chi connectivity index (χ0) is 15.1. The quantitative estimate of drug-likeness (QED) is 0.542. The summed E-state index contributed by atoms with van der Waals surface area (Å²) in [6.45, 7) is -2.84. The van der Waals surface area contributed by atoms with E-state index in [0.717, 1.165) is 16.8 Å². The molecule has 4 N–H and O–H groups in total. The van der Waals surface area contributed by atoms with Gasteiger partial charge in [0.25, 0.3) is 11.4 Å². The number of H-pyrrole nitrogens is 1. The number of nitrogens with zero attached hydrogens (tertiary/aromatic N) is 1. The molecule has 1 saturated heterocycles. The molecule has 2 rings (SSSR count). The molecule has 0 spiro atoms. The molecule has 0 saturated carbocycles. The fraction of sp³-hybridized carbons (Fsp3) is 0.600. The number of hydrogen-bond acceptors (Lipinski definition) is 6. The molecular formula is C10H12F2N2O5S. The lowest BCUT2D eigenvalue weighted by molar-refractivity contribution is -0.207. The van der Waals surface area contributed by atoms with E-state index < -0.39 is 42.6 Å². The lowest BCUT2D eigenvalue weighted by Gasteiger charge is -2.28. The maximum atomic E-state index is 14.1. The van der Waals surface area contributed by atoms with E-state index in [1.165, 1.54) is 0 Å². The Kier molecular flexibility index (Phi) is 3.77. The number of hydrogen-bond donors (Lipinski definition) is 4. The Morgan fingerprint density at radius 1 is 1.60 bits per heavy atom. The highest BCUT2D eigenvalue weighted by molar-refractivity contribution is 7.71. The molecule has 2 heterocycles. The minimum atomic E-state index is -3.05. The number of aromatic amines is 1. The largest absolute Gasteiger partial charge is 0.390 e. The van der Waals surface area contributed by atoms with Crippen LogP contribution in [0, 0.1) is 4.77 Å². The average molecular weight is 310 g/mol. The zero-order valence-corrected chi connectivity index (χ0v) is 10.8. The Labute approximate surface area is 116 Å². The minimum absolute atomic E-state index is 0.260. The van der Waals surface area contributed by atoms with Crippen molar-refractivity contribution < 1.29 is 28.8 Å². The number of nitrogens with one attached hydrogen (secondary N) is 1. The van der Waals surface area contributed by atoms with E-state index in [-0.39, 0.29) is 4.77 Å². The van der Waals surface area contributed by atoms with Gasteiger partial charge in [-0.1, -0.05) is 0 Å². The van der Waals surface area contributed by atoms with Gasteiger partial charge in [-0.05, 0) is 12.2 Å². The van der Waals surface area contributed by atoms with Crippen molar-refractivity contribution in [1.82, 2.24) is 9.55 Å². The molecule has 4 atom stereocenters. The van der Waals surface area contributed by atoms with Crippen molar-refractivity contribution in [1.29, 1.82) is 0 Å². The maximum absolute atomic E-state index is 14.1. The molecule has 1 unspecified atom stereocenters. The Bertz CT molecular complexity index is 622. The van der Waals surface area contributed by atoms with Crippen molar-refractivity contribution in [2.24, 2.45) is 0 Å². The van der Waals surface area contributed by atoms with Crippen molar-refractivity contribution in [2.75, 3.05) is 13.3 Å². The number of rotatable bonds is 3. The maximum Gasteiger partial charge on any atom is 0.263 e. The van der Waals surface area contributed by atoms with E-state index >= 15 is 0 Å². The molecule has 1 fully saturated rings. The second kappa shape index (κ2) is 4.97. The monoisotopic (exact) mass is 310 g/mol. The highest BCUT2D eigenvalue weighted by atomic mass is 32.1. The van der Waals surface area contributed by atoms with Crippen LogP contribution in [0.25, 0.3) is 0 Å². The molecule has 1 aromatic heterocycles. The zero-order valence-electron chi connectivity index (χ0n) is 9.99. The molecule has 10 heteroatoms. The van der Waals surface area contributed by atoms with Crippen LogP contribution in [-0.4, -0.2) is 55.7 Å². The first-order valence-electron chi connectivity index (χ1n) is 5.54. The van der Waals surface area contributed by atoms with Crippen molar-refractivity contribution in [3.05, 3.63) is 27.4 Å². The summed E-state index contributed by atoms with van der Waals surface area (Å²) in [6.07, 6.45) is -3.02. The highest BCUT2D eigenvalue weighted by Gasteiger charge is 2.65. The predicted octanol–water partition coefficient (Wildman–Crippen LogP) is -0.846. The Balaban J connectivity index is 2.55. The summed E-state index contributed by atoms with van der Waals surface area (Å²) in [5, 5.41) is 28.7. The van der Waals surface area contributed by atoms with Gasteiger partial charge in [-0.25, -0.2) is 8.78 Å². The molecular weight excluding hydrogens is 298 g/mol. The number of aliphatic hydroxyl groups is 3. The predicted molar refractivity (Wildman–Crippen MR) is 63.9 cm³/mol. The van der Waals surface area contributed by atoms with Gasteiger partial charge < -0.3 is 20.1 Å². The first-order valence-corrected chi connectivity index (χ1v) is 5.95. The van der Waals surface area contributed by atoms with Crippen LogP contribution in [0.4, 0.5) is 8.78 Å². The van der Waals surface area contributed by atoms with Crippen LogP contribution >= 0.6 is 12.2 Å². The first kappa shape index (κ1) is 15.2. The third kappa shape index (κ3) is 2.09. The van der Waals surface area contributed by atoms with Gasteiger partial charge in [-0.15, -0.1) is 0 Å². The second-order valence-corrected chi connectivity index (χ2v) is 4.85. The van der Waals surface area contributed by atoms with Crippen LogP contribution in [0.1, 0.15) is 6.23 Å².